The molecule has 0 spiro atoms. The lowest BCUT2D eigenvalue weighted by atomic mass is 10.1. The van der Waals surface area contributed by atoms with Gasteiger partial charge in [-0.05, 0) is 29.8 Å². The number of carbonyl (C=O) groups is 1. The van der Waals surface area contributed by atoms with Crippen molar-refractivity contribution in [3.63, 3.8) is 0 Å². The maximum atomic E-state index is 11.4. The maximum Gasteiger partial charge on any atom is 0.337 e. The van der Waals surface area contributed by atoms with Crippen molar-refractivity contribution in [3.8, 4) is 5.75 Å². The van der Waals surface area contributed by atoms with Gasteiger partial charge in [0.05, 0.1) is 12.7 Å². The summed E-state index contributed by atoms with van der Waals surface area (Å²) >= 11 is 4.99. The van der Waals surface area contributed by atoms with Gasteiger partial charge in [0.1, 0.15) is 5.75 Å². The zero-order chi connectivity index (χ0) is 14.5. The Morgan fingerprint density at radius 2 is 2.05 bits per heavy atom. The van der Waals surface area contributed by atoms with Gasteiger partial charge in [-0.1, -0.05) is 34.1 Å². The summed E-state index contributed by atoms with van der Waals surface area (Å²) < 4.78 is 5.53. The van der Waals surface area contributed by atoms with Gasteiger partial charge < -0.3 is 9.84 Å². The summed E-state index contributed by atoms with van der Waals surface area (Å²) in [6.45, 7) is 0. The third-order valence-electron chi connectivity index (χ3n) is 2.72. The molecule has 0 unspecified atom stereocenters. The van der Waals surface area contributed by atoms with Crippen LogP contribution in [0.25, 0.3) is 0 Å². The van der Waals surface area contributed by atoms with E-state index in [-0.39, 0.29) is 11.7 Å². The molecule has 0 heterocycles. The lowest BCUT2D eigenvalue weighted by Crippen LogP contribution is -2.01. The molecular formula is C15H13BrO3S. The van der Waals surface area contributed by atoms with E-state index >= 15 is 0 Å². The lowest BCUT2D eigenvalue weighted by Gasteiger charge is -2.07. The molecule has 3 nitrogen and oxygen atoms in total. The van der Waals surface area contributed by atoms with E-state index in [2.05, 4.69) is 20.7 Å². The van der Waals surface area contributed by atoms with Crippen LogP contribution in [0.1, 0.15) is 15.9 Å². The first-order valence-corrected chi connectivity index (χ1v) is 7.67. The molecule has 0 aromatic heterocycles. The quantitative estimate of drug-likeness (QED) is 0.660. The highest BCUT2D eigenvalue weighted by atomic mass is 79.9. The van der Waals surface area contributed by atoms with E-state index in [1.54, 1.807) is 24.3 Å². The van der Waals surface area contributed by atoms with Gasteiger partial charge in [0, 0.05) is 15.1 Å². The van der Waals surface area contributed by atoms with Crippen molar-refractivity contribution < 1.29 is 14.6 Å². The van der Waals surface area contributed by atoms with Crippen LogP contribution < -0.4 is 0 Å². The molecule has 0 amide bonds. The van der Waals surface area contributed by atoms with Crippen LogP contribution in [0.2, 0.25) is 0 Å². The molecule has 2 aromatic rings. The predicted octanol–water partition coefficient (Wildman–Crippen LogP) is 4.23. The number of carbonyl (C=O) groups excluding carboxylic acids is 1. The number of para-hydroxylation sites is 1. The fourth-order valence-electron chi connectivity index (χ4n) is 1.64. The van der Waals surface area contributed by atoms with Crippen molar-refractivity contribution in [2.75, 3.05) is 7.11 Å². The first-order valence-electron chi connectivity index (χ1n) is 5.89. The van der Waals surface area contributed by atoms with E-state index in [4.69, 9.17) is 0 Å². The largest absolute Gasteiger partial charge is 0.507 e. The van der Waals surface area contributed by atoms with E-state index in [1.807, 2.05) is 18.2 Å². The molecule has 0 atom stereocenters. The number of hydrogen-bond acceptors (Lipinski definition) is 4. The summed E-state index contributed by atoms with van der Waals surface area (Å²) in [4.78, 5) is 12.2. The zero-order valence-electron chi connectivity index (χ0n) is 10.8. The van der Waals surface area contributed by atoms with Crippen molar-refractivity contribution in [1.82, 2.24) is 0 Å². The Hall–Kier alpha value is -1.46. The number of phenolic OH excluding ortho intramolecular Hbond substituents is 1. The van der Waals surface area contributed by atoms with E-state index in [9.17, 15) is 9.90 Å². The van der Waals surface area contributed by atoms with Crippen molar-refractivity contribution in [2.45, 2.75) is 10.6 Å². The van der Waals surface area contributed by atoms with Crippen LogP contribution in [-0.2, 0) is 10.5 Å². The minimum atomic E-state index is -0.356. The Morgan fingerprint density at radius 1 is 1.30 bits per heavy atom. The average Bonchev–Trinajstić information content (AvgIpc) is 2.46. The zero-order valence-corrected chi connectivity index (χ0v) is 13.2. The summed E-state index contributed by atoms with van der Waals surface area (Å²) in [5, 5.41) is 9.71. The summed E-state index contributed by atoms with van der Waals surface area (Å²) in [5.41, 5.74) is 1.56. The second kappa shape index (κ2) is 6.81. The van der Waals surface area contributed by atoms with Crippen LogP contribution in [0.3, 0.4) is 0 Å². The SMILES string of the molecule is COC(=O)c1ccc(CSc2ccccc2O)c(Br)c1. The number of benzene rings is 2. The molecule has 0 saturated heterocycles. The van der Waals surface area contributed by atoms with Gasteiger partial charge in [0.15, 0.2) is 0 Å². The number of thioether (sulfide) groups is 1. The Morgan fingerprint density at radius 3 is 2.70 bits per heavy atom. The molecule has 0 aliphatic heterocycles. The Labute approximate surface area is 130 Å². The fraction of sp³-hybridized carbons (Fsp3) is 0.133. The fourth-order valence-corrected chi connectivity index (χ4v) is 3.30. The minimum Gasteiger partial charge on any atom is -0.507 e. The van der Waals surface area contributed by atoms with Gasteiger partial charge in [0.25, 0.3) is 0 Å². The van der Waals surface area contributed by atoms with Crippen LogP contribution in [0, 0.1) is 0 Å². The molecule has 0 bridgehead atoms. The normalized spacial score (nSPS) is 10.3. The third kappa shape index (κ3) is 3.55. The molecule has 2 aromatic carbocycles. The molecule has 0 saturated carbocycles. The van der Waals surface area contributed by atoms with Crippen LogP contribution >= 0.6 is 27.7 Å². The van der Waals surface area contributed by atoms with Crippen molar-refractivity contribution in [3.05, 3.63) is 58.1 Å². The molecular weight excluding hydrogens is 340 g/mol. The molecule has 2 rings (SSSR count). The Kier molecular flexibility index (Phi) is 5.09. The second-order valence-corrected chi connectivity index (χ2v) is 5.93. The number of ether oxygens (including phenoxy) is 1. The van der Waals surface area contributed by atoms with Gasteiger partial charge in [-0.3, -0.25) is 0 Å². The number of aromatic hydroxyl groups is 1. The third-order valence-corrected chi connectivity index (χ3v) is 4.57. The molecule has 0 fully saturated rings. The highest BCUT2D eigenvalue weighted by Crippen LogP contribution is 2.32. The number of rotatable bonds is 4. The number of methoxy groups -OCH3 is 1. The summed E-state index contributed by atoms with van der Waals surface area (Å²) in [6, 6.07) is 12.6. The number of halogens is 1. The van der Waals surface area contributed by atoms with E-state index in [0.717, 1.165) is 14.9 Å². The molecule has 20 heavy (non-hydrogen) atoms. The minimum absolute atomic E-state index is 0.278. The van der Waals surface area contributed by atoms with Crippen LogP contribution in [-0.4, -0.2) is 18.2 Å². The van der Waals surface area contributed by atoms with Crippen LogP contribution in [0.15, 0.2) is 51.8 Å². The van der Waals surface area contributed by atoms with Gasteiger partial charge >= 0.3 is 5.97 Å². The smallest absolute Gasteiger partial charge is 0.337 e. The number of hydrogen-bond donors (Lipinski definition) is 1. The van der Waals surface area contributed by atoms with Gasteiger partial charge in [-0.25, -0.2) is 4.79 Å². The number of esters is 1. The first-order chi connectivity index (χ1) is 9.61. The molecule has 0 aliphatic carbocycles. The Bertz CT molecular complexity index is 628. The lowest BCUT2D eigenvalue weighted by molar-refractivity contribution is 0.0600. The molecule has 0 aliphatic rings. The number of phenols is 1. The predicted molar refractivity (Wildman–Crippen MR) is 83.1 cm³/mol. The highest BCUT2D eigenvalue weighted by Gasteiger charge is 2.09. The topological polar surface area (TPSA) is 46.5 Å². The molecule has 0 radical (unpaired) electrons. The van der Waals surface area contributed by atoms with Gasteiger partial charge in [-0.2, -0.15) is 0 Å². The average molecular weight is 353 g/mol. The van der Waals surface area contributed by atoms with E-state index in [1.165, 1.54) is 18.9 Å². The van der Waals surface area contributed by atoms with Crippen molar-refractivity contribution in [1.29, 1.82) is 0 Å². The van der Waals surface area contributed by atoms with E-state index < -0.39 is 0 Å². The molecule has 5 heteroatoms. The van der Waals surface area contributed by atoms with Gasteiger partial charge in [-0.15, -0.1) is 11.8 Å². The van der Waals surface area contributed by atoms with Crippen LogP contribution in [0.5, 0.6) is 5.75 Å². The summed E-state index contributed by atoms with van der Waals surface area (Å²) in [7, 11) is 1.36. The van der Waals surface area contributed by atoms with Crippen molar-refractivity contribution in [2.24, 2.45) is 0 Å². The monoisotopic (exact) mass is 352 g/mol. The maximum absolute atomic E-state index is 11.4. The molecule has 1 N–H and O–H groups in total. The van der Waals surface area contributed by atoms with Gasteiger partial charge in [0.2, 0.25) is 0 Å². The van der Waals surface area contributed by atoms with Crippen LogP contribution in [0.4, 0.5) is 0 Å². The highest BCUT2D eigenvalue weighted by molar-refractivity contribution is 9.10. The van der Waals surface area contributed by atoms with Crippen molar-refractivity contribution >= 4 is 33.7 Å². The summed E-state index contributed by atoms with van der Waals surface area (Å²) in [5.74, 6) is 0.616. The standard InChI is InChI=1S/C15H13BrO3S/c1-19-15(18)10-6-7-11(12(16)8-10)9-20-14-5-3-2-4-13(14)17/h2-8,17H,9H2,1H3. The first kappa shape index (κ1) is 14.9. The second-order valence-electron chi connectivity index (χ2n) is 4.05. The van der Waals surface area contributed by atoms with E-state index in [0.29, 0.717) is 11.3 Å². The Balaban J connectivity index is 2.11. The molecule has 104 valence electrons. The summed E-state index contributed by atoms with van der Waals surface area (Å²) in [6.07, 6.45) is 0.